The first-order valence-corrected chi connectivity index (χ1v) is 6.84. The Bertz CT molecular complexity index is 464. The van der Waals surface area contributed by atoms with Crippen LogP contribution >= 0.6 is 0 Å². The third kappa shape index (κ3) is 2.14. The van der Waals surface area contributed by atoms with Crippen LogP contribution in [0.15, 0.2) is 23.3 Å². The Kier molecular flexibility index (Phi) is 3.90. The van der Waals surface area contributed by atoms with Gasteiger partial charge in [0.1, 0.15) is 5.41 Å². The molecule has 2 aliphatic rings. The van der Waals surface area contributed by atoms with Crippen molar-refractivity contribution in [2.75, 3.05) is 13.2 Å². The lowest BCUT2D eigenvalue weighted by Gasteiger charge is -2.43. The lowest BCUT2D eigenvalue weighted by molar-refractivity contribution is -0.163. The van der Waals surface area contributed by atoms with Crippen LogP contribution in [0.1, 0.15) is 33.6 Å². The summed E-state index contributed by atoms with van der Waals surface area (Å²) >= 11 is 0. The summed E-state index contributed by atoms with van der Waals surface area (Å²) in [6.07, 6.45) is 4.94. The third-order valence-electron chi connectivity index (χ3n) is 4.10. The molecule has 1 heterocycles. The molecule has 0 spiro atoms. The van der Waals surface area contributed by atoms with Gasteiger partial charge in [-0.05, 0) is 51.3 Å². The Morgan fingerprint density at radius 2 is 2.32 bits per heavy atom. The second-order valence-corrected chi connectivity index (χ2v) is 5.19. The topological polar surface area (TPSA) is 55.4 Å². The molecule has 2 rings (SSSR count). The van der Waals surface area contributed by atoms with Gasteiger partial charge in [-0.2, -0.15) is 0 Å². The first-order chi connectivity index (χ1) is 9.06. The fourth-order valence-electron chi connectivity index (χ4n) is 3.03. The molecule has 0 amide bonds. The van der Waals surface area contributed by atoms with Gasteiger partial charge in [0, 0.05) is 0 Å². The standard InChI is InChI=1S/C15H21NO3/c1-4-6-11-9-15(14(18)19-5-2)7-8-16-12(10(11)3)13(15)17/h4,6,12,16H,5,7-9H2,1-3H3/b6-4-. The Labute approximate surface area is 113 Å². The minimum Gasteiger partial charge on any atom is -0.465 e. The number of rotatable bonds is 3. The van der Waals surface area contributed by atoms with Crippen molar-refractivity contribution in [2.45, 2.75) is 39.7 Å². The van der Waals surface area contributed by atoms with Gasteiger partial charge < -0.3 is 10.1 Å². The number of ketones is 1. The van der Waals surface area contributed by atoms with Crippen molar-refractivity contribution in [1.82, 2.24) is 5.32 Å². The summed E-state index contributed by atoms with van der Waals surface area (Å²) in [5.41, 5.74) is 1.13. The quantitative estimate of drug-likeness (QED) is 0.623. The van der Waals surface area contributed by atoms with Crippen molar-refractivity contribution in [2.24, 2.45) is 5.41 Å². The van der Waals surface area contributed by atoms with E-state index in [1.165, 1.54) is 0 Å². The van der Waals surface area contributed by atoms with Crippen LogP contribution in [-0.4, -0.2) is 30.9 Å². The third-order valence-corrected chi connectivity index (χ3v) is 4.10. The summed E-state index contributed by atoms with van der Waals surface area (Å²) in [5, 5.41) is 3.21. The minimum absolute atomic E-state index is 0.0250. The molecule has 0 aromatic carbocycles. The van der Waals surface area contributed by atoms with Gasteiger partial charge in [-0.25, -0.2) is 0 Å². The van der Waals surface area contributed by atoms with Crippen LogP contribution in [0.25, 0.3) is 0 Å². The minimum atomic E-state index is -0.972. The van der Waals surface area contributed by atoms with E-state index in [0.29, 0.717) is 26.0 Å². The van der Waals surface area contributed by atoms with Gasteiger partial charge in [0.25, 0.3) is 0 Å². The first kappa shape index (κ1) is 14.0. The largest absolute Gasteiger partial charge is 0.465 e. The molecule has 0 saturated carbocycles. The van der Waals surface area contributed by atoms with E-state index in [9.17, 15) is 9.59 Å². The highest BCUT2D eigenvalue weighted by molar-refractivity contribution is 6.09. The maximum Gasteiger partial charge on any atom is 0.320 e. The molecule has 0 aromatic heterocycles. The summed E-state index contributed by atoms with van der Waals surface area (Å²) in [7, 11) is 0. The van der Waals surface area contributed by atoms with Crippen LogP contribution in [0, 0.1) is 5.41 Å². The second-order valence-electron chi connectivity index (χ2n) is 5.19. The molecular formula is C15H21NO3. The Hall–Kier alpha value is -1.42. The van der Waals surface area contributed by atoms with Gasteiger partial charge in [-0.3, -0.25) is 9.59 Å². The van der Waals surface area contributed by atoms with Crippen molar-refractivity contribution in [3.63, 3.8) is 0 Å². The van der Waals surface area contributed by atoms with Gasteiger partial charge in [0.2, 0.25) is 0 Å². The van der Waals surface area contributed by atoms with E-state index in [1.54, 1.807) is 6.92 Å². The Morgan fingerprint density at radius 1 is 1.58 bits per heavy atom. The number of carbonyl (C=O) groups is 2. The maximum absolute atomic E-state index is 12.6. The van der Waals surface area contributed by atoms with Crippen molar-refractivity contribution < 1.29 is 14.3 Å². The van der Waals surface area contributed by atoms with Gasteiger partial charge in [-0.1, -0.05) is 12.2 Å². The summed E-state index contributed by atoms with van der Waals surface area (Å²) in [6.45, 7) is 6.67. The number of piperidine rings is 1. The average molecular weight is 263 g/mol. The highest BCUT2D eigenvalue weighted by Gasteiger charge is 2.54. The number of Topliss-reactive ketones (excluding diaryl/α,β-unsaturated/α-hetero) is 1. The number of hydrogen-bond acceptors (Lipinski definition) is 4. The molecule has 0 radical (unpaired) electrons. The van der Waals surface area contributed by atoms with E-state index < -0.39 is 5.41 Å². The number of nitrogens with one attached hydrogen (secondary N) is 1. The van der Waals surface area contributed by atoms with E-state index in [4.69, 9.17) is 4.74 Å². The molecule has 1 aliphatic heterocycles. The highest BCUT2D eigenvalue weighted by atomic mass is 16.5. The van der Waals surface area contributed by atoms with Crippen molar-refractivity contribution >= 4 is 11.8 Å². The molecule has 2 atom stereocenters. The van der Waals surface area contributed by atoms with Crippen LogP contribution in [0.5, 0.6) is 0 Å². The summed E-state index contributed by atoms with van der Waals surface area (Å²) in [6, 6.07) is -0.335. The predicted molar refractivity (Wildman–Crippen MR) is 72.6 cm³/mol. The van der Waals surface area contributed by atoms with E-state index in [1.807, 2.05) is 26.0 Å². The second kappa shape index (κ2) is 5.29. The fourth-order valence-corrected chi connectivity index (χ4v) is 3.03. The molecule has 0 aromatic rings. The lowest BCUT2D eigenvalue weighted by Crippen LogP contribution is -2.59. The summed E-state index contributed by atoms with van der Waals surface area (Å²) in [4.78, 5) is 24.9. The average Bonchev–Trinajstić information content (AvgIpc) is 2.38. The number of fused-ring (bicyclic) bond motifs is 2. The zero-order valence-electron chi connectivity index (χ0n) is 11.8. The van der Waals surface area contributed by atoms with E-state index in [-0.39, 0.29) is 17.8 Å². The van der Waals surface area contributed by atoms with Crippen LogP contribution < -0.4 is 5.32 Å². The number of esters is 1. The monoisotopic (exact) mass is 263 g/mol. The number of allylic oxidation sites excluding steroid dienone is 3. The van der Waals surface area contributed by atoms with Crippen LogP contribution in [0.2, 0.25) is 0 Å². The van der Waals surface area contributed by atoms with Crippen molar-refractivity contribution in [3.05, 3.63) is 23.3 Å². The van der Waals surface area contributed by atoms with Crippen LogP contribution in [0.3, 0.4) is 0 Å². The molecule has 2 unspecified atom stereocenters. The number of carbonyl (C=O) groups excluding carboxylic acids is 2. The van der Waals surface area contributed by atoms with Crippen molar-refractivity contribution in [1.29, 1.82) is 0 Å². The van der Waals surface area contributed by atoms with E-state index in [2.05, 4.69) is 5.32 Å². The van der Waals surface area contributed by atoms with E-state index in [0.717, 1.165) is 11.1 Å². The summed E-state index contributed by atoms with van der Waals surface area (Å²) < 4.78 is 5.16. The smallest absolute Gasteiger partial charge is 0.320 e. The SMILES string of the molecule is C/C=C\C1=C(C)C2NCCC(C(=O)OCC)(C1)C2=O. The molecule has 4 heteroatoms. The van der Waals surface area contributed by atoms with E-state index >= 15 is 0 Å². The molecule has 2 bridgehead atoms. The molecule has 4 nitrogen and oxygen atoms in total. The Morgan fingerprint density at radius 3 is 2.95 bits per heavy atom. The highest BCUT2D eigenvalue weighted by Crippen LogP contribution is 2.43. The van der Waals surface area contributed by atoms with Crippen LogP contribution in [-0.2, 0) is 14.3 Å². The Balaban J connectivity index is 2.45. The van der Waals surface area contributed by atoms with Gasteiger partial charge in [-0.15, -0.1) is 0 Å². The van der Waals surface area contributed by atoms with Gasteiger partial charge in [0.05, 0.1) is 12.6 Å². The fraction of sp³-hybridized carbons (Fsp3) is 0.600. The van der Waals surface area contributed by atoms with Gasteiger partial charge >= 0.3 is 5.97 Å². The predicted octanol–water partition coefficient (Wildman–Crippen LogP) is 1.76. The molecular weight excluding hydrogens is 242 g/mol. The number of ether oxygens (including phenoxy) is 1. The van der Waals surface area contributed by atoms with Crippen LogP contribution in [0.4, 0.5) is 0 Å². The normalized spacial score (nSPS) is 30.9. The first-order valence-electron chi connectivity index (χ1n) is 6.84. The lowest BCUT2D eigenvalue weighted by atomic mass is 9.64. The zero-order valence-corrected chi connectivity index (χ0v) is 11.8. The maximum atomic E-state index is 12.6. The molecule has 19 heavy (non-hydrogen) atoms. The van der Waals surface area contributed by atoms with Crippen molar-refractivity contribution in [3.8, 4) is 0 Å². The van der Waals surface area contributed by atoms with Gasteiger partial charge in [0.15, 0.2) is 5.78 Å². The summed E-state index contributed by atoms with van der Waals surface area (Å²) in [5.74, 6) is -0.385. The molecule has 1 saturated heterocycles. The number of hydrogen-bond donors (Lipinski definition) is 1. The zero-order chi connectivity index (χ0) is 14.0. The molecule has 104 valence electrons. The molecule has 1 fully saturated rings. The molecule has 1 N–H and O–H groups in total. The molecule has 1 aliphatic carbocycles.